The van der Waals surface area contributed by atoms with Crippen LogP contribution in [-0.4, -0.2) is 4.98 Å². The van der Waals surface area contributed by atoms with Gasteiger partial charge in [0.15, 0.2) is 0 Å². The predicted molar refractivity (Wildman–Crippen MR) is 59.3 cm³/mol. The monoisotopic (exact) mass is 251 g/mol. The lowest BCUT2D eigenvalue weighted by molar-refractivity contribution is 0.568. The van der Waals surface area contributed by atoms with Gasteiger partial charge >= 0.3 is 0 Å². The number of halogens is 1. The predicted octanol–water partition coefficient (Wildman–Crippen LogP) is 3.80. The Kier molecular flexibility index (Phi) is 2.68. The van der Waals surface area contributed by atoms with Gasteiger partial charge in [-0.1, -0.05) is 22.0 Å². The number of aromatic nitrogens is 1. The highest BCUT2D eigenvalue weighted by molar-refractivity contribution is 9.09. The minimum atomic E-state index is 0.292. The van der Waals surface area contributed by atoms with Gasteiger partial charge in [0.1, 0.15) is 0 Å². The van der Waals surface area contributed by atoms with Crippen LogP contribution in [0.3, 0.4) is 0 Å². The van der Waals surface area contributed by atoms with E-state index in [0.29, 0.717) is 4.83 Å². The van der Waals surface area contributed by atoms with Crippen LogP contribution in [0, 0.1) is 0 Å². The molecule has 3 heteroatoms. The number of hydrogen-bond donors (Lipinski definition) is 0. The fourth-order valence-corrected chi connectivity index (χ4v) is 1.51. The molecule has 0 bridgehead atoms. The Balaban J connectivity index is 2.31. The van der Waals surface area contributed by atoms with Gasteiger partial charge in [-0.2, -0.15) is 0 Å². The van der Waals surface area contributed by atoms with Crippen LogP contribution < -0.4 is 0 Å². The van der Waals surface area contributed by atoms with Crippen molar-refractivity contribution in [3.63, 3.8) is 0 Å². The molecule has 0 fully saturated rings. The zero-order valence-electron chi connectivity index (χ0n) is 7.77. The van der Waals surface area contributed by atoms with Crippen LogP contribution >= 0.6 is 15.9 Å². The molecule has 0 aromatic carbocycles. The number of nitrogens with zero attached hydrogens (tertiary/aromatic N) is 1. The molecule has 0 amide bonds. The molecular formula is C11H10BrNO. The average Bonchev–Trinajstić information content (AvgIpc) is 2.71. The zero-order valence-corrected chi connectivity index (χ0v) is 9.36. The van der Waals surface area contributed by atoms with Crippen molar-refractivity contribution in [3.05, 3.63) is 42.6 Å². The van der Waals surface area contributed by atoms with E-state index >= 15 is 0 Å². The number of pyridine rings is 1. The molecule has 0 spiro atoms. The lowest BCUT2D eigenvalue weighted by atomic mass is 10.1. The smallest absolute Gasteiger partial charge is 0.0981 e. The molecule has 0 aliphatic heterocycles. The van der Waals surface area contributed by atoms with E-state index in [4.69, 9.17) is 4.42 Å². The third-order valence-corrected chi connectivity index (χ3v) is 2.52. The summed E-state index contributed by atoms with van der Waals surface area (Å²) in [5, 5.41) is 0. The minimum absolute atomic E-state index is 0.292. The largest absolute Gasteiger partial charge is 0.472 e. The van der Waals surface area contributed by atoms with Crippen LogP contribution in [-0.2, 0) is 0 Å². The second-order valence-corrected chi connectivity index (χ2v) is 4.47. The fourth-order valence-electron chi connectivity index (χ4n) is 1.24. The quantitative estimate of drug-likeness (QED) is 0.760. The molecule has 1 atom stereocenters. The first-order valence-corrected chi connectivity index (χ1v) is 5.31. The van der Waals surface area contributed by atoms with Crippen LogP contribution in [0.5, 0.6) is 0 Å². The first kappa shape index (κ1) is 9.46. The molecule has 0 aliphatic carbocycles. The summed E-state index contributed by atoms with van der Waals surface area (Å²) < 4.78 is 5.01. The normalized spacial score (nSPS) is 12.7. The molecule has 0 saturated carbocycles. The van der Waals surface area contributed by atoms with Crippen molar-refractivity contribution in [3.8, 4) is 11.1 Å². The van der Waals surface area contributed by atoms with Gasteiger partial charge in [-0.25, -0.2) is 0 Å². The Labute approximate surface area is 91.1 Å². The standard InChI is InChI=1S/C11H10BrNO/c1-8(12)11-3-2-9(6-13-11)10-4-5-14-7-10/h2-8H,1H3/t8-/m0/s1. The van der Waals surface area contributed by atoms with Crippen LogP contribution in [0.1, 0.15) is 17.4 Å². The Hall–Kier alpha value is -1.09. The van der Waals surface area contributed by atoms with Gasteiger partial charge in [-0.3, -0.25) is 4.98 Å². The summed E-state index contributed by atoms with van der Waals surface area (Å²) in [5.41, 5.74) is 3.18. The highest BCUT2D eigenvalue weighted by atomic mass is 79.9. The summed E-state index contributed by atoms with van der Waals surface area (Å²) in [6.45, 7) is 2.06. The van der Waals surface area contributed by atoms with Gasteiger partial charge in [-0.15, -0.1) is 0 Å². The summed E-state index contributed by atoms with van der Waals surface area (Å²) in [7, 11) is 0. The molecule has 2 nitrogen and oxygen atoms in total. The van der Waals surface area contributed by atoms with Gasteiger partial charge in [0, 0.05) is 17.3 Å². The Bertz CT molecular complexity index is 392. The van der Waals surface area contributed by atoms with Crippen LogP contribution in [0.2, 0.25) is 0 Å². The number of rotatable bonds is 2. The van der Waals surface area contributed by atoms with Gasteiger partial charge in [0.25, 0.3) is 0 Å². The van der Waals surface area contributed by atoms with Crippen LogP contribution in [0.25, 0.3) is 11.1 Å². The van der Waals surface area contributed by atoms with Gasteiger partial charge in [-0.05, 0) is 19.1 Å². The summed E-state index contributed by atoms with van der Waals surface area (Å²) in [6.07, 6.45) is 5.24. The Morgan fingerprint density at radius 3 is 2.64 bits per heavy atom. The number of furan rings is 1. The number of alkyl halides is 1. The molecule has 2 aromatic rings. The Morgan fingerprint density at radius 1 is 1.29 bits per heavy atom. The maximum atomic E-state index is 5.01. The molecule has 0 unspecified atom stereocenters. The maximum absolute atomic E-state index is 5.01. The van der Waals surface area contributed by atoms with Crippen molar-refractivity contribution in [2.75, 3.05) is 0 Å². The highest BCUT2D eigenvalue weighted by Gasteiger charge is 2.03. The van der Waals surface area contributed by atoms with Gasteiger partial charge in [0.2, 0.25) is 0 Å². The van der Waals surface area contributed by atoms with Crippen LogP contribution in [0.15, 0.2) is 41.3 Å². The van der Waals surface area contributed by atoms with Crippen molar-refractivity contribution in [2.24, 2.45) is 0 Å². The Morgan fingerprint density at radius 2 is 2.14 bits per heavy atom. The summed E-state index contributed by atoms with van der Waals surface area (Å²) in [4.78, 5) is 4.64. The first-order valence-electron chi connectivity index (χ1n) is 4.40. The second-order valence-electron chi connectivity index (χ2n) is 3.10. The average molecular weight is 252 g/mol. The molecule has 2 rings (SSSR count). The van der Waals surface area contributed by atoms with Gasteiger partial charge < -0.3 is 4.42 Å². The van der Waals surface area contributed by atoms with Crippen molar-refractivity contribution < 1.29 is 4.42 Å². The molecule has 0 N–H and O–H groups in total. The van der Waals surface area contributed by atoms with E-state index in [-0.39, 0.29) is 0 Å². The van der Waals surface area contributed by atoms with Crippen molar-refractivity contribution in [1.29, 1.82) is 0 Å². The molecule has 2 aromatic heterocycles. The van der Waals surface area contributed by atoms with E-state index in [1.807, 2.05) is 24.4 Å². The summed E-state index contributed by atoms with van der Waals surface area (Å²) in [5.74, 6) is 0. The third-order valence-electron chi connectivity index (χ3n) is 2.05. The van der Waals surface area contributed by atoms with E-state index in [1.54, 1.807) is 12.5 Å². The van der Waals surface area contributed by atoms with E-state index in [9.17, 15) is 0 Å². The summed E-state index contributed by atoms with van der Waals surface area (Å²) in [6, 6.07) is 5.99. The maximum Gasteiger partial charge on any atom is 0.0981 e. The lowest BCUT2D eigenvalue weighted by Crippen LogP contribution is -1.88. The highest BCUT2D eigenvalue weighted by Crippen LogP contribution is 2.23. The van der Waals surface area contributed by atoms with Crippen molar-refractivity contribution >= 4 is 15.9 Å². The third kappa shape index (κ3) is 1.87. The minimum Gasteiger partial charge on any atom is -0.472 e. The molecule has 0 saturated heterocycles. The number of hydrogen-bond acceptors (Lipinski definition) is 2. The van der Waals surface area contributed by atoms with Crippen molar-refractivity contribution in [2.45, 2.75) is 11.8 Å². The van der Waals surface area contributed by atoms with E-state index < -0.39 is 0 Å². The second kappa shape index (κ2) is 3.96. The molecule has 0 radical (unpaired) electrons. The first-order chi connectivity index (χ1) is 6.77. The van der Waals surface area contributed by atoms with E-state index in [1.165, 1.54) is 0 Å². The SMILES string of the molecule is C[C@H](Br)c1ccc(-c2ccoc2)cn1. The van der Waals surface area contributed by atoms with E-state index in [2.05, 4.69) is 27.8 Å². The summed E-state index contributed by atoms with van der Waals surface area (Å²) >= 11 is 3.47. The molecule has 0 aliphatic rings. The molecule has 14 heavy (non-hydrogen) atoms. The van der Waals surface area contributed by atoms with Crippen molar-refractivity contribution in [1.82, 2.24) is 4.98 Å². The lowest BCUT2D eigenvalue weighted by Gasteiger charge is -2.02. The van der Waals surface area contributed by atoms with Gasteiger partial charge in [0.05, 0.1) is 23.0 Å². The fraction of sp³-hybridized carbons (Fsp3) is 0.182. The van der Waals surface area contributed by atoms with Crippen LogP contribution in [0.4, 0.5) is 0 Å². The zero-order chi connectivity index (χ0) is 9.97. The molecular weight excluding hydrogens is 242 g/mol. The molecule has 72 valence electrons. The topological polar surface area (TPSA) is 26.0 Å². The molecule has 2 heterocycles. The van der Waals surface area contributed by atoms with E-state index in [0.717, 1.165) is 16.8 Å².